The molecule has 2 heterocycles. The number of fused-ring (bicyclic) bond motifs is 2. The first-order valence-electron chi connectivity index (χ1n) is 11.0. The van der Waals surface area contributed by atoms with E-state index in [2.05, 4.69) is 58.4 Å². The third kappa shape index (κ3) is 4.55. The van der Waals surface area contributed by atoms with Gasteiger partial charge in [0.15, 0.2) is 0 Å². The summed E-state index contributed by atoms with van der Waals surface area (Å²) in [6, 6.07) is 20.9. The summed E-state index contributed by atoms with van der Waals surface area (Å²) in [7, 11) is 1.98. The molecule has 0 radical (unpaired) electrons. The fraction of sp³-hybridized carbons (Fsp3) is 0.308. The number of aromatic nitrogens is 1. The standard InChI is InChI=1S/C26H29N3O2/c1-3-31-26(30)22-12-8-17-27-25(22)28(2)18-9-19-29-23-13-6-4-10-20(23)15-16-21-11-5-7-14-24(21)29/h4-8,10-14,17H,3,9,15-16,18-19H2,1-2H3. The zero-order chi connectivity index (χ0) is 21.6. The molecule has 0 spiro atoms. The van der Waals surface area contributed by atoms with Gasteiger partial charge in [0, 0.05) is 37.7 Å². The Labute approximate surface area is 184 Å². The summed E-state index contributed by atoms with van der Waals surface area (Å²) in [5, 5.41) is 0. The van der Waals surface area contributed by atoms with Crippen molar-refractivity contribution in [3.63, 3.8) is 0 Å². The number of benzene rings is 2. The van der Waals surface area contributed by atoms with E-state index in [1.807, 2.05) is 18.9 Å². The molecule has 0 bridgehead atoms. The number of carbonyl (C=O) groups excluding carboxylic acids is 1. The molecule has 0 N–H and O–H groups in total. The second kappa shape index (κ2) is 9.65. The fourth-order valence-corrected chi connectivity index (χ4v) is 4.25. The van der Waals surface area contributed by atoms with Crippen molar-refractivity contribution in [3.8, 4) is 0 Å². The van der Waals surface area contributed by atoms with Gasteiger partial charge in [0.05, 0.1) is 6.61 Å². The van der Waals surface area contributed by atoms with Gasteiger partial charge in [-0.1, -0.05) is 36.4 Å². The minimum Gasteiger partial charge on any atom is -0.462 e. The van der Waals surface area contributed by atoms with Gasteiger partial charge in [-0.05, 0) is 61.6 Å². The number of anilines is 3. The van der Waals surface area contributed by atoms with Crippen LogP contribution in [0.3, 0.4) is 0 Å². The van der Waals surface area contributed by atoms with E-state index >= 15 is 0 Å². The lowest BCUT2D eigenvalue weighted by atomic mass is 10.0. The maximum absolute atomic E-state index is 12.3. The Balaban J connectivity index is 1.51. The van der Waals surface area contributed by atoms with Gasteiger partial charge in [0.2, 0.25) is 0 Å². The topological polar surface area (TPSA) is 45.7 Å². The van der Waals surface area contributed by atoms with Crippen molar-refractivity contribution in [3.05, 3.63) is 83.6 Å². The highest BCUT2D eigenvalue weighted by atomic mass is 16.5. The summed E-state index contributed by atoms with van der Waals surface area (Å²) in [6.45, 7) is 3.84. The molecule has 0 aliphatic carbocycles. The minimum absolute atomic E-state index is 0.326. The third-order valence-electron chi connectivity index (χ3n) is 5.75. The van der Waals surface area contributed by atoms with Crippen LogP contribution in [0.2, 0.25) is 0 Å². The van der Waals surface area contributed by atoms with Crippen LogP contribution in [0.5, 0.6) is 0 Å². The molecule has 0 fully saturated rings. The Hall–Kier alpha value is -3.34. The van der Waals surface area contributed by atoms with E-state index in [-0.39, 0.29) is 5.97 Å². The third-order valence-corrected chi connectivity index (χ3v) is 5.75. The molecule has 1 aliphatic heterocycles. The number of aryl methyl sites for hydroxylation is 2. The number of para-hydroxylation sites is 2. The van der Waals surface area contributed by atoms with Gasteiger partial charge in [-0.25, -0.2) is 9.78 Å². The van der Waals surface area contributed by atoms with E-state index in [0.29, 0.717) is 18.0 Å². The number of nitrogens with zero attached hydrogens (tertiary/aromatic N) is 3. The fourth-order valence-electron chi connectivity index (χ4n) is 4.25. The maximum atomic E-state index is 12.3. The number of hydrogen-bond donors (Lipinski definition) is 0. The molecular weight excluding hydrogens is 386 g/mol. The first-order valence-corrected chi connectivity index (χ1v) is 11.0. The van der Waals surface area contributed by atoms with Crippen LogP contribution in [0, 0.1) is 0 Å². The first-order chi connectivity index (χ1) is 15.2. The number of rotatable bonds is 7. The van der Waals surface area contributed by atoms with E-state index in [9.17, 15) is 4.79 Å². The lowest BCUT2D eigenvalue weighted by Crippen LogP contribution is -2.27. The van der Waals surface area contributed by atoms with Crippen molar-refractivity contribution < 1.29 is 9.53 Å². The second-order valence-electron chi connectivity index (χ2n) is 7.78. The predicted molar refractivity (Wildman–Crippen MR) is 125 cm³/mol. The zero-order valence-corrected chi connectivity index (χ0v) is 18.3. The smallest absolute Gasteiger partial charge is 0.341 e. The molecule has 160 valence electrons. The molecule has 4 rings (SSSR count). The molecule has 2 aromatic carbocycles. The number of esters is 1. The number of carbonyl (C=O) groups is 1. The lowest BCUT2D eigenvalue weighted by molar-refractivity contribution is 0.0526. The zero-order valence-electron chi connectivity index (χ0n) is 18.3. The molecule has 3 aromatic rings. The Bertz CT molecular complexity index is 1000. The molecule has 0 amide bonds. The Morgan fingerprint density at radius 1 is 1.00 bits per heavy atom. The molecule has 5 heteroatoms. The van der Waals surface area contributed by atoms with Crippen LogP contribution in [0.25, 0.3) is 0 Å². The number of hydrogen-bond acceptors (Lipinski definition) is 5. The molecular formula is C26H29N3O2. The van der Waals surface area contributed by atoms with Gasteiger partial charge in [-0.2, -0.15) is 0 Å². The average molecular weight is 416 g/mol. The van der Waals surface area contributed by atoms with Crippen LogP contribution in [0.15, 0.2) is 66.9 Å². The molecule has 0 atom stereocenters. The molecule has 0 saturated carbocycles. The van der Waals surface area contributed by atoms with Crippen LogP contribution in [-0.4, -0.2) is 37.7 Å². The summed E-state index contributed by atoms with van der Waals surface area (Å²) < 4.78 is 5.20. The van der Waals surface area contributed by atoms with Gasteiger partial charge in [-0.3, -0.25) is 0 Å². The lowest BCUT2D eigenvalue weighted by Gasteiger charge is -2.28. The van der Waals surface area contributed by atoms with Gasteiger partial charge in [-0.15, -0.1) is 0 Å². The molecule has 0 saturated heterocycles. The van der Waals surface area contributed by atoms with Crippen LogP contribution in [0.4, 0.5) is 17.2 Å². The summed E-state index contributed by atoms with van der Waals surface area (Å²) in [4.78, 5) is 21.2. The Morgan fingerprint density at radius 3 is 2.29 bits per heavy atom. The first kappa shape index (κ1) is 20.9. The summed E-state index contributed by atoms with van der Waals surface area (Å²) in [6.07, 6.45) is 4.76. The van der Waals surface area contributed by atoms with Crippen molar-refractivity contribution >= 4 is 23.2 Å². The highest BCUT2D eigenvalue weighted by Crippen LogP contribution is 2.35. The normalized spacial score (nSPS) is 12.5. The monoisotopic (exact) mass is 415 g/mol. The molecule has 31 heavy (non-hydrogen) atoms. The van der Waals surface area contributed by atoms with Crippen LogP contribution in [-0.2, 0) is 17.6 Å². The second-order valence-corrected chi connectivity index (χ2v) is 7.78. The van der Waals surface area contributed by atoms with Crippen molar-refractivity contribution in [1.82, 2.24) is 4.98 Å². The number of pyridine rings is 1. The Kier molecular flexibility index (Phi) is 6.51. The molecule has 1 aliphatic rings. The summed E-state index contributed by atoms with van der Waals surface area (Å²) >= 11 is 0. The molecule has 5 nitrogen and oxygen atoms in total. The van der Waals surface area contributed by atoms with Crippen molar-refractivity contribution in [2.45, 2.75) is 26.2 Å². The van der Waals surface area contributed by atoms with Gasteiger partial charge >= 0.3 is 5.97 Å². The van der Waals surface area contributed by atoms with Crippen LogP contribution >= 0.6 is 0 Å². The van der Waals surface area contributed by atoms with Gasteiger partial charge in [0.25, 0.3) is 0 Å². The SMILES string of the molecule is CCOC(=O)c1cccnc1N(C)CCCN1c2ccccc2CCc2ccccc21. The van der Waals surface area contributed by atoms with E-state index in [1.165, 1.54) is 22.5 Å². The maximum Gasteiger partial charge on any atom is 0.341 e. The average Bonchev–Trinajstić information content (AvgIpc) is 2.96. The minimum atomic E-state index is -0.326. The number of ether oxygens (including phenoxy) is 1. The molecule has 0 unspecified atom stereocenters. The highest BCUT2D eigenvalue weighted by Gasteiger charge is 2.21. The molecule has 1 aromatic heterocycles. The predicted octanol–water partition coefficient (Wildman–Crippen LogP) is 5.02. The summed E-state index contributed by atoms with van der Waals surface area (Å²) in [5.74, 6) is 0.338. The van der Waals surface area contributed by atoms with E-state index < -0.39 is 0 Å². The van der Waals surface area contributed by atoms with Gasteiger partial charge in [0.1, 0.15) is 11.4 Å². The highest BCUT2D eigenvalue weighted by molar-refractivity contribution is 5.94. The van der Waals surface area contributed by atoms with Crippen LogP contribution < -0.4 is 9.80 Å². The quantitative estimate of drug-likeness (QED) is 0.507. The summed E-state index contributed by atoms with van der Waals surface area (Å²) in [5.41, 5.74) is 5.88. The van der Waals surface area contributed by atoms with Crippen molar-refractivity contribution in [2.24, 2.45) is 0 Å². The van der Waals surface area contributed by atoms with Crippen LogP contribution in [0.1, 0.15) is 34.8 Å². The van der Waals surface area contributed by atoms with Gasteiger partial charge < -0.3 is 14.5 Å². The van der Waals surface area contributed by atoms with Crippen molar-refractivity contribution in [2.75, 3.05) is 36.5 Å². The van der Waals surface area contributed by atoms with E-state index in [4.69, 9.17) is 4.74 Å². The van der Waals surface area contributed by atoms with Crippen molar-refractivity contribution in [1.29, 1.82) is 0 Å². The Morgan fingerprint density at radius 2 is 1.65 bits per heavy atom. The largest absolute Gasteiger partial charge is 0.462 e. The van der Waals surface area contributed by atoms with E-state index in [0.717, 1.165) is 32.4 Å². The van der Waals surface area contributed by atoms with E-state index in [1.54, 1.807) is 18.3 Å².